The van der Waals surface area contributed by atoms with Crippen molar-refractivity contribution in [3.63, 3.8) is 0 Å². The van der Waals surface area contributed by atoms with Crippen LogP contribution in [0.15, 0.2) is 18.2 Å². The Bertz CT molecular complexity index is 428. The molecular weight excluding hydrogens is 241 g/mol. The number of nitrogens with zero attached hydrogens (tertiary/aromatic N) is 1. The molecule has 16 heavy (non-hydrogen) atoms. The van der Waals surface area contributed by atoms with Crippen molar-refractivity contribution in [3.8, 4) is 6.07 Å². The van der Waals surface area contributed by atoms with Crippen LogP contribution in [-0.2, 0) is 5.41 Å². The highest BCUT2D eigenvalue weighted by Gasteiger charge is 2.35. The molecule has 0 bridgehead atoms. The number of hydrogen-bond donors (Lipinski definition) is 0. The summed E-state index contributed by atoms with van der Waals surface area (Å²) in [5, 5.41) is 10.5. The van der Waals surface area contributed by atoms with Gasteiger partial charge in [0.05, 0.1) is 21.5 Å². The molecule has 2 rings (SSSR count). The first-order valence-electron chi connectivity index (χ1n) is 5.55. The zero-order valence-electron chi connectivity index (χ0n) is 8.97. The van der Waals surface area contributed by atoms with Gasteiger partial charge in [0.15, 0.2) is 0 Å². The lowest BCUT2D eigenvalue weighted by molar-refractivity contribution is 0.366. The maximum atomic E-state index is 9.46. The molecule has 1 aromatic carbocycles. The van der Waals surface area contributed by atoms with Gasteiger partial charge < -0.3 is 0 Å². The van der Waals surface area contributed by atoms with E-state index in [4.69, 9.17) is 23.2 Å². The molecule has 0 radical (unpaired) electrons. The molecule has 1 aliphatic rings. The number of hydrogen-bond acceptors (Lipinski definition) is 1. The molecule has 0 unspecified atom stereocenters. The highest BCUT2D eigenvalue weighted by Crippen LogP contribution is 2.43. The van der Waals surface area contributed by atoms with E-state index in [2.05, 4.69) is 6.07 Å². The summed E-state index contributed by atoms with van der Waals surface area (Å²) in [4.78, 5) is 0. The molecule has 0 saturated heterocycles. The van der Waals surface area contributed by atoms with Crippen LogP contribution < -0.4 is 0 Å². The van der Waals surface area contributed by atoms with E-state index >= 15 is 0 Å². The normalized spacial score (nSPS) is 19.1. The van der Waals surface area contributed by atoms with E-state index in [0.717, 1.165) is 31.2 Å². The molecule has 0 heterocycles. The van der Waals surface area contributed by atoms with E-state index in [1.165, 1.54) is 6.42 Å². The number of nitriles is 1. The average Bonchev–Trinajstić information content (AvgIpc) is 2.33. The van der Waals surface area contributed by atoms with Crippen LogP contribution in [0.2, 0.25) is 10.0 Å². The summed E-state index contributed by atoms with van der Waals surface area (Å²) in [6.07, 6.45) is 5.18. The molecule has 0 amide bonds. The minimum Gasteiger partial charge on any atom is -0.197 e. The van der Waals surface area contributed by atoms with E-state index in [9.17, 15) is 5.26 Å². The van der Waals surface area contributed by atoms with E-state index in [-0.39, 0.29) is 0 Å². The SMILES string of the molecule is N#CC1(c2cccc(Cl)c2Cl)CCCCC1. The fourth-order valence-electron chi connectivity index (χ4n) is 2.47. The highest BCUT2D eigenvalue weighted by molar-refractivity contribution is 6.42. The average molecular weight is 254 g/mol. The fourth-order valence-corrected chi connectivity index (χ4v) is 2.95. The van der Waals surface area contributed by atoms with Crippen LogP contribution in [-0.4, -0.2) is 0 Å². The second-order valence-corrected chi connectivity index (χ2v) is 5.14. The molecule has 3 heteroatoms. The van der Waals surface area contributed by atoms with Crippen molar-refractivity contribution in [1.29, 1.82) is 5.26 Å². The molecule has 1 saturated carbocycles. The van der Waals surface area contributed by atoms with Crippen LogP contribution >= 0.6 is 23.2 Å². The standard InChI is InChI=1S/C13H13Cl2N/c14-11-6-4-5-10(12(11)15)13(9-16)7-2-1-3-8-13/h4-6H,1-3,7-8H2. The molecule has 1 fully saturated rings. The molecule has 0 atom stereocenters. The monoisotopic (exact) mass is 253 g/mol. The zero-order chi connectivity index (χ0) is 11.6. The third-order valence-corrected chi connectivity index (χ3v) is 4.21. The van der Waals surface area contributed by atoms with Gasteiger partial charge in [0, 0.05) is 0 Å². The second kappa shape index (κ2) is 4.65. The van der Waals surface area contributed by atoms with E-state index < -0.39 is 5.41 Å². The molecule has 1 nitrogen and oxygen atoms in total. The van der Waals surface area contributed by atoms with Crippen LogP contribution in [0.3, 0.4) is 0 Å². The Morgan fingerprint density at radius 3 is 2.44 bits per heavy atom. The van der Waals surface area contributed by atoms with Crippen molar-refractivity contribution in [2.24, 2.45) is 0 Å². The van der Waals surface area contributed by atoms with Crippen molar-refractivity contribution >= 4 is 23.2 Å². The predicted octanol–water partition coefficient (Wildman–Crippen LogP) is 4.72. The summed E-state index contributed by atoms with van der Waals surface area (Å²) < 4.78 is 0. The van der Waals surface area contributed by atoms with Gasteiger partial charge in [0.25, 0.3) is 0 Å². The topological polar surface area (TPSA) is 23.8 Å². The van der Waals surface area contributed by atoms with E-state index in [0.29, 0.717) is 10.0 Å². The van der Waals surface area contributed by atoms with Gasteiger partial charge in [0.1, 0.15) is 0 Å². The van der Waals surface area contributed by atoms with Crippen molar-refractivity contribution in [2.45, 2.75) is 37.5 Å². The van der Waals surface area contributed by atoms with Crippen LogP contribution in [0.4, 0.5) is 0 Å². The van der Waals surface area contributed by atoms with Gasteiger partial charge >= 0.3 is 0 Å². The maximum Gasteiger partial charge on any atom is 0.0837 e. The first kappa shape index (κ1) is 11.8. The first-order valence-corrected chi connectivity index (χ1v) is 6.31. The summed E-state index contributed by atoms with van der Waals surface area (Å²) in [6, 6.07) is 8.03. The lowest BCUT2D eigenvalue weighted by Crippen LogP contribution is -2.27. The Hall–Kier alpha value is -0.710. The Labute approximate surface area is 106 Å². The summed E-state index contributed by atoms with van der Waals surface area (Å²) in [5.41, 5.74) is 0.490. The highest BCUT2D eigenvalue weighted by atomic mass is 35.5. The molecule has 0 spiro atoms. The lowest BCUT2D eigenvalue weighted by atomic mass is 9.70. The number of benzene rings is 1. The van der Waals surface area contributed by atoms with Crippen molar-refractivity contribution in [2.75, 3.05) is 0 Å². The van der Waals surface area contributed by atoms with E-state index in [1.54, 1.807) is 6.07 Å². The summed E-state index contributed by atoms with van der Waals surface area (Å²) in [7, 11) is 0. The zero-order valence-corrected chi connectivity index (χ0v) is 10.5. The van der Waals surface area contributed by atoms with E-state index in [1.807, 2.05) is 12.1 Å². The van der Waals surface area contributed by atoms with Crippen LogP contribution in [0.25, 0.3) is 0 Å². The minimum atomic E-state index is -0.416. The summed E-state index contributed by atoms with van der Waals surface area (Å²) in [5.74, 6) is 0. The Morgan fingerprint density at radius 1 is 1.12 bits per heavy atom. The summed E-state index contributed by atoms with van der Waals surface area (Å²) >= 11 is 12.2. The molecule has 0 aromatic heterocycles. The minimum absolute atomic E-state index is 0.416. The number of rotatable bonds is 1. The van der Waals surface area contributed by atoms with Gasteiger partial charge in [-0.1, -0.05) is 54.6 Å². The quantitative estimate of drug-likeness (QED) is 0.711. The third kappa shape index (κ3) is 1.93. The van der Waals surface area contributed by atoms with Gasteiger partial charge in [-0.2, -0.15) is 5.26 Å². The van der Waals surface area contributed by atoms with Crippen LogP contribution in [0, 0.1) is 11.3 Å². The van der Waals surface area contributed by atoms with Crippen molar-refractivity contribution in [1.82, 2.24) is 0 Å². The molecule has 84 valence electrons. The van der Waals surface area contributed by atoms with Crippen LogP contribution in [0.5, 0.6) is 0 Å². The van der Waals surface area contributed by atoms with Gasteiger partial charge in [0.2, 0.25) is 0 Å². The molecule has 0 aliphatic heterocycles. The van der Waals surface area contributed by atoms with Gasteiger partial charge in [-0.05, 0) is 24.5 Å². The third-order valence-electron chi connectivity index (χ3n) is 3.39. The van der Waals surface area contributed by atoms with Crippen molar-refractivity contribution < 1.29 is 0 Å². The first-order chi connectivity index (χ1) is 7.69. The maximum absolute atomic E-state index is 9.46. The fraction of sp³-hybridized carbons (Fsp3) is 0.462. The molecular formula is C13H13Cl2N. The lowest BCUT2D eigenvalue weighted by Gasteiger charge is -2.31. The smallest absolute Gasteiger partial charge is 0.0837 e. The Kier molecular flexibility index (Phi) is 3.42. The predicted molar refractivity (Wildman–Crippen MR) is 66.8 cm³/mol. The van der Waals surface area contributed by atoms with Gasteiger partial charge in [-0.15, -0.1) is 0 Å². The Morgan fingerprint density at radius 2 is 1.81 bits per heavy atom. The number of halogens is 2. The largest absolute Gasteiger partial charge is 0.197 e. The van der Waals surface area contributed by atoms with Gasteiger partial charge in [-0.25, -0.2) is 0 Å². The molecule has 1 aromatic rings. The molecule has 1 aliphatic carbocycles. The van der Waals surface area contributed by atoms with Crippen molar-refractivity contribution in [3.05, 3.63) is 33.8 Å². The Balaban J connectivity index is 2.48. The second-order valence-electron chi connectivity index (χ2n) is 4.36. The molecule has 0 N–H and O–H groups in total. The van der Waals surface area contributed by atoms with Gasteiger partial charge in [-0.3, -0.25) is 0 Å². The summed E-state index contributed by atoms with van der Waals surface area (Å²) in [6.45, 7) is 0. The van der Waals surface area contributed by atoms with Crippen LogP contribution in [0.1, 0.15) is 37.7 Å².